The molecule has 0 aromatic carbocycles. The molecule has 2 fully saturated rings. The summed E-state index contributed by atoms with van der Waals surface area (Å²) >= 11 is 0. The number of carbonyl (C=O) groups is 1. The molecule has 1 saturated heterocycles. The summed E-state index contributed by atoms with van der Waals surface area (Å²) in [6, 6.07) is 0.253. The molecule has 2 rings (SSSR count). The molecule has 110 valence electrons. The Bertz CT molecular complexity index is 319. The van der Waals surface area contributed by atoms with Gasteiger partial charge in [0.25, 0.3) is 0 Å². The lowest BCUT2D eigenvalue weighted by Gasteiger charge is -2.47. The molecule has 0 radical (unpaired) electrons. The molecule has 3 atom stereocenters. The van der Waals surface area contributed by atoms with Crippen LogP contribution in [0, 0.1) is 17.3 Å². The maximum Gasteiger partial charge on any atom is 0.226 e. The van der Waals surface area contributed by atoms with Crippen molar-refractivity contribution in [3.63, 3.8) is 0 Å². The highest BCUT2D eigenvalue weighted by molar-refractivity contribution is 5.80. The van der Waals surface area contributed by atoms with E-state index in [0.717, 1.165) is 25.9 Å². The minimum Gasteiger partial charge on any atom is -0.342 e. The number of carbonyl (C=O) groups excluding carboxylic acids is 1. The minimum absolute atomic E-state index is 0.0288. The molecule has 0 bridgehead atoms. The summed E-state index contributed by atoms with van der Waals surface area (Å²) in [6.45, 7) is 8.61. The molecule has 1 amide bonds. The fourth-order valence-corrected chi connectivity index (χ4v) is 3.80. The van der Waals surface area contributed by atoms with Crippen LogP contribution in [0.25, 0.3) is 0 Å². The zero-order valence-electron chi connectivity index (χ0n) is 12.8. The van der Waals surface area contributed by atoms with Gasteiger partial charge in [-0.2, -0.15) is 0 Å². The van der Waals surface area contributed by atoms with Gasteiger partial charge in [0.05, 0.1) is 0 Å². The van der Waals surface area contributed by atoms with Crippen LogP contribution in [0.15, 0.2) is 0 Å². The first-order chi connectivity index (χ1) is 8.94. The summed E-state index contributed by atoms with van der Waals surface area (Å²) in [4.78, 5) is 15.0. The fraction of sp³-hybridized carbons (Fsp3) is 0.938. The van der Waals surface area contributed by atoms with E-state index >= 15 is 0 Å². The Balaban J connectivity index is 2.09. The van der Waals surface area contributed by atoms with Crippen molar-refractivity contribution in [2.24, 2.45) is 23.0 Å². The Labute approximate surface area is 117 Å². The first-order valence-corrected chi connectivity index (χ1v) is 7.99. The maximum absolute atomic E-state index is 12.9. The van der Waals surface area contributed by atoms with Gasteiger partial charge in [0.2, 0.25) is 5.91 Å². The van der Waals surface area contributed by atoms with E-state index in [-0.39, 0.29) is 17.4 Å². The van der Waals surface area contributed by atoms with Crippen LogP contribution < -0.4 is 5.73 Å². The Morgan fingerprint density at radius 1 is 1.11 bits per heavy atom. The normalized spacial score (nSPS) is 35.8. The lowest BCUT2D eigenvalue weighted by molar-refractivity contribution is -0.143. The third kappa shape index (κ3) is 2.96. The molecule has 2 aliphatic rings. The van der Waals surface area contributed by atoms with Crippen molar-refractivity contribution in [2.45, 2.75) is 65.3 Å². The first kappa shape index (κ1) is 14.8. The van der Waals surface area contributed by atoms with Crippen molar-refractivity contribution in [1.29, 1.82) is 0 Å². The predicted octanol–water partition coefficient (Wildman–Crippen LogP) is 2.79. The molecule has 1 aliphatic carbocycles. The number of rotatable bonds is 1. The Kier molecular flexibility index (Phi) is 4.54. The largest absolute Gasteiger partial charge is 0.342 e. The quantitative estimate of drug-likeness (QED) is 0.793. The molecular formula is C16H30N2O. The smallest absolute Gasteiger partial charge is 0.226 e. The second-order valence-electron chi connectivity index (χ2n) is 7.14. The van der Waals surface area contributed by atoms with E-state index in [9.17, 15) is 4.79 Å². The van der Waals surface area contributed by atoms with Gasteiger partial charge in [0.1, 0.15) is 0 Å². The Morgan fingerprint density at radius 3 is 2.26 bits per heavy atom. The summed E-state index contributed by atoms with van der Waals surface area (Å²) in [5, 5.41) is 0. The number of hydrogen-bond donors (Lipinski definition) is 1. The molecule has 3 unspecified atom stereocenters. The van der Waals surface area contributed by atoms with Crippen LogP contribution in [0.3, 0.4) is 0 Å². The van der Waals surface area contributed by atoms with Crippen LogP contribution in [0.4, 0.5) is 0 Å². The molecule has 1 aliphatic heterocycles. The van der Waals surface area contributed by atoms with Gasteiger partial charge in [0.15, 0.2) is 0 Å². The first-order valence-electron chi connectivity index (χ1n) is 7.99. The lowest BCUT2D eigenvalue weighted by Crippen LogP contribution is -2.52. The number of nitrogens with two attached hydrogens (primary N) is 1. The molecular weight excluding hydrogens is 236 g/mol. The van der Waals surface area contributed by atoms with Crippen LogP contribution in [0.2, 0.25) is 0 Å². The lowest BCUT2D eigenvalue weighted by atomic mass is 9.60. The highest BCUT2D eigenvalue weighted by Crippen LogP contribution is 2.45. The van der Waals surface area contributed by atoms with Crippen LogP contribution in [-0.4, -0.2) is 29.9 Å². The standard InChI is InChI=1S/C16H30N2O/c1-12-14(17)9-8-13(16(12,2)3)15(19)18-10-6-4-5-7-11-18/h12-14H,4-11,17H2,1-3H3. The van der Waals surface area contributed by atoms with Gasteiger partial charge in [-0.25, -0.2) is 0 Å². The summed E-state index contributed by atoms with van der Waals surface area (Å²) in [5.41, 5.74) is 6.22. The average Bonchev–Trinajstić information content (AvgIpc) is 2.64. The van der Waals surface area contributed by atoms with E-state index in [1.54, 1.807) is 0 Å². The minimum atomic E-state index is 0.0288. The van der Waals surface area contributed by atoms with E-state index in [1.165, 1.54) is 25.7 Å². The Morgan fingerprint density at radius 2 is 1.68 bits per heavy atom. The van der Waals surface area contributed by atoms with Gasteiger partial charge in [-0.05, 0) is 37.0 Å². The summed E-state index contributed by atoms with van der Waals surface area (Å²) in [5.74, 6) is 0.980. The Hall–Kier alpha value is -0.570. The van der Waals surface area contributed by atoms with E-state index < -0.39 is 0 Å². The van der Waals surface area contributed by atoms with Gasteiger partial charge in [-0.3, -0.25) is 4.79 Å². The van der Waals surface area contributed by atoms with Crippen molar-refractivity contribution in [1.82, 2.24) is 4.90 Å². The van der Waals surface area contributed by atoms with Gasteiger partial charge in [-0.15, -0.1) is 0 Å². The van der Waals surface area contributed by atoms with Crippen molar-refractivity contribution >= 4 is 5.91 Å². The van der Waals surface area contributed by atoms with Crippen LogP contribution in [0.1, 0.15) is 59.3 Å². The maximum atomic E-state index is 12.9. The third-order valence-electron chi connectivity index (χ3n) is 5.72. The summed E-state index contributed by atoms with van der Waals surface area (Å²) in [6.07, 6.45) is 6.86. The highest BCUT2D eigenvalue weighted by atomic mass is 16.2. The molecule has 0 aromatic rings. The van der Waals surface area contributed by atoms with Crippen molar-refractivity contribution in [2.75, 3.05) is 13.1 Å². The number of likely N-dealkylation sites (tertiary alicyclic amines) is 1. The van der Waals surface area contributed by atoms with Gasteiger partial charge < -0.3 is 10.6 Å². The van der Waals surface area contributed by atoms with Gasteiger partial charge >= 0.3 is 0 Å². The third-order valence-corrected chi connectivity index (χ3v) is 5.72. The SMILES string of the molecule is CC1C(N)CCC(C(=O)N2CCCCCC2)C1(C)C. The van der Waals surface area contributed by atoms with E-state index in [0.29, 0.717) is 11.8 Å². The highest BCUT2D eigenvalue weighted by Gasteiger charge is 2.46. The van der Waals surface area contributed by atoms with E-state index in [2.05, 4.69) is 25.7 Å². The van der Waals surface area contributed by atoms with Crippen molar-refractivity contribution in [3.05, 3.63) is 0 Å². The number of hydrogen-bond acceptors (Lipinski definition) is 2. The number of amides is 1. The average molecular weight is 266 g/mol. The molecule has 0 aromatic heterocycles. The second-order valence-corrected chi connectivity index (χ2v) is 7.14. The molecule has 19 heavy (non-hydrogen) atoms. The van der Waals surface area contributed by atoms with Crippen LogP contribution in [-0.2, 0) is 4.79 Å². The fourth-order valence-electron chi connectivity index (χ4n) is 3.80. The zero-order chi connectivity index (χ0) is 14.0. The van der Waals surface area contributed by atoms with Crippen molar-refractivity contribution < 1.29 is 4.79 Å². The van der Waals surface area contributed by atoms with Crippen LogP contribution in [0.5, 0.6) is 0 Å². The molecule has 3 nitrogen and oxygen atoms in total. The van der Waals surface area contributed by atoms with Crippen molar-refractivity contribution in [3.8, 4) is 0 Å². The molecule has 0 spiro atoms. The van der Waals surface area contributed by atoms with Gasteiger partial charge in [-0.1, -0.05) is 33.6 Å². The summed E-state index contributed by atoms with van der Waals surface area (Å²) in [7, 11) is 0. The predicted molar refractivity (Wildman–Crippen MR) is 78.7 cm³/mol. The van der Waals surface area contributed by atoms with Crippen LogP contribution >= 0.6 is 0 Å². The zero-order valence-corrected chi connectivity index (χ0v) is 12.8. The van der Waals surface area contributed by atoms with E-state index in [1.807, 2.05) is 0 Å². The monoisotopic (exact) mass is 266 g/mol. The summed E-state index contributed by atoms with van der Waals surface area (Å²) < 4.78 is 0. The molecule has 3 heteroatoms. The van der Waals surface area contributed by atoms with Gasteiger partial charge in [0, 0.05) is 25.0 Å². The topological polar surface area (TPSA) is 46.3 Å². The molecule has 2 N–H and O–H groups in total. The second kappa shape index (κ2) is 5.82. The molecule has 1 saturated carbocycles. The van der Waals surface area contributed by atoms with E-state index in [4.69, 9.17) is 5.73 Å². The number of nitrogens with zero attached hydrogens (tertiary/aromatic N) is 1. The molecule has 1 heterocycles.